The fraction of sp³-hybridized carbons (Fsp3) is 0.316. The number of rotatable bonds is 7. The summed E-state index contributed by atoms with van der Waals surface area (Å²) in [5, 5.41) is 6.13. The molecule has 2 aromatic rings. The topological polar surface area (TPSA) is 80.2 Å². The highest BCUT2D eigenvalue weighted by Crippen LogP contribution is 2.20. The molecule has 0 aliphatic heterocycles. The summed E-state index contributed by atoms with van der Waals surface area (Å²) in [6.07, 6.45) is 2.51. The molecule has 0 saturated heterocycles. The number of nitrogens with zero attached hydrogens (tertiary/aromatic N) is 1. The van der Waals surface area contributed by atoms with E-state index >= 15 is 0 Å². The van der Waals surface area contributed by atoms with Gasteiger partial charge in [0.2, 0.25) is 11.8 Å². The van der Waals surface area contributed by atoms with Crippen LogP contribution in [0, 0.1) is 0 Å². The van der Waals surface area contributed by atoms with E-state index in [4.69, 9.17) is 11.6 Å². The van der Waals surface area contributed by atoms with Crippen LogP contribution in [0.3, 0.4) is 0 Å². The van der Waals surface area contributed by atoms with Crippen LogP contribution in [-0.4, -0.2) is 16.4 Å². The molecule has 2 amide bonds. The van der Waals surface area contributed by atoms with E-state index in [2.05, 4.69) is 10.6 Å². The molecule has 2 rings (SSSR count). The maximum absolute atomic E-state index is 12.4. The molecule has 1 atom stereocenters. The summed E-state index contributed by atoms with van der Waals surface area (Å²) < 4.78 is 1.56. The number of halogens is 1. The van der Waals surface area contributed by atoms with Crippen LogP contribution in [0.1, 0.15) is 38.3 Å². The molecule has 26 heavy (non-hydrogen) atoms. The van der Waals surface area contributed by atoms with Gasteiger partial charge in [0.05, 0.1) is 18.2 Å². The van der Waals surface area contributed by atoms with Gasteiger partial charge in [0.1, 0.15) is 0 Å². The van der Waals surface area contributed by atoms with Crippen molar-refractivity contribution in [1.29, 1.82) is 0 Å². The Bertz CT molecular complexity index is 831. The maximum atomic E-state index is 12.4. The van der Waals surface area contributed by atoms with Crippen LogP contribution >= 0.6 is 11.6 Å². The van der Waals surface area contributed by atoms with E-state index < -0.39 is 6.04 Å². The molecule has 7 heteroatoms. The molecule has 1 unspecified atom stereocenters. The Kier molecular flexibility index (Phi) is 6.97. The number of carbonyl (C=O) groups is 2. The average Bonchev–Trinajstić information content (AvgIpc) is 2.58. The largest absolute Gasteiger partial charge is 0.349 e. The minimum atomic E-state index is -0.466. The van der Waals surface area contributed by atoms with E-state index in [0.29, 0.717) is 17.3 Å². The first kappa shape index (κ1) is 19.7. The molecule has 1 aromatic carbocycles. The zero-order chi connectivity index (χ0) is 19.1. The number of hydrogen-bond donors (Lipinski definition) is 2. The van der Waals surface area contributed by atoms with Crippen molar-refractivity contribution in [3.05, 3.63) is 63.5 Å². The third-order valence-electron chi connectivity index (χ3n) is 3.77. The second-order valence-electron chi connectivity index (χ2n) is 6.01. The Morgan fingerprint density at radius 1 is 1.15 bits per heavy atom. The van der Waals surface area contributed by atoms with E-state index in [1.807, 2.05) is 6.92 Å². The first-order chi connectivity index (χ1) is 12.4. The number of aryl methyl sites for hydroxylation is 1. The number of hydrogen-bond acceptors (Lipinski definition) is 3. The molecule has 0 bridgehead atoms. The van der Waals surface area contributed by atoms with Gasteiger partial charge in [-0.25, -0.2) is 0 Å². The van der Waals surface area contributed by atoms with Gasteiger partial charge in [-0.3, -0.25) is 14.4 Å². The fourth-order valence-corrected chi connectivity index (χ4v) is 2.74. The van der Waals surface area contributed by atoms with Crippen molar-refractivity contribution in [2.24, 2.45) is 0 Å². The van der Waals surface area contributed by atoms with E-state index in [1.54, 1.807) is 41.1 Å². The van der Waals surface area contributed by atoms with Gasteiger partial charge >= 0.3 is 0 Å². The lowest BCUT2D eigenvalue weighted by molar-refractivity contribution is -0.120. The summed E-state index contributed by atoms with van der Waals surface area (Å²) in [6.45, 7) is 3.96. The Balaban J connectivity index is 2.11. The van der Waals surface area contributed by atoms with Gasteiger partial charge in [-0.1, -0.05) is 30.7 Å². The van der Waals surface area contributed by atoms with Crippen LogP contribution in [0.15, 0.2) is 47.4 Å². The summed E-state index contributed by atoms with van der Waals surface area (Å²) in [5.74, 6) is -0.491. The number of benzene rings is 1. The van der Waals surface area contributed by atoms with Crippen LogP contribution in [0.25, 0.3) is 0 Å². The van der Waals surface area contributed by atoms with E-state index in [-0.39, 0.29) is 23.8 Å². The molecule has 6 nitrogen and oxygen atoms in total. The third kappa shape index (κ3) is 5.74. The molecule has 0 aliphatic rings. The highest BCUT2D eigenvalue weighted by Gasteiger charge is 2.17. The smallest absolute Gasteiger partial charge is 0.250 e. The Labute approximate surface area is 157 Å². The van der Waals surface area contributed by atoms with Crippen LogP contribution < -0.4 is 16.2 Å². The second kappa shape index (κ2) is 9.20. The Hall–Kier alpha value is -2.60. The number of anilines is 1. The molecule has 1 heterocycles. The monoisotopic (exact) mass is 375 g/mol. The lowest BCUT2D eigenvalue weighted by atomic mass is 10.0. The van der Waals surface area contributed by atoms with Crippen molar-refractivity contribution in [3.8, 4) is 0 Å². The normalized spacial score (nSPS) is 11.7. The summed E-state index contributed by atoms with van der Waals surface area (Å²) >= 11 is 5.89. The quantitative estimate of drug-likeness (QED) is 0.780. The minimum absolute atomic E-state index is 0.0636. The molecule has 1 aromatic heterocycles. The predicted octanol–water partition coefficient (Wildman–Crippen LogP) is 3.12. The van der Waals surface area contributed by atoms with Crippen molar-refractivity contribution in [2.45, 2.75) is 39.3 Å². The van der Waals surface area contributed by atoms with Gasteiger partial charge in [-0.15, -0.1) is 0 Å². The molecule has 138 valence electrons. The Morgan fingerprint density at radius 3 is 2.46 bits per heavy atom. The average molecular weight is 376 g/mol. The van der Waals surface area contributed by atoms with E-state index in [0.717, 1.165) is 12.0 Å². The Morgan fingerprint density at radius 2 is 1.85 bits per heavy atom. The lowest BCUT2D eigenvalue weighted by Gasteiger charge is -2.18. The molecule has 0 fully saturated rings. The lowest BCUT2D eigenvalue weighted by Crippen LogP contribution is -2.30. The minimum Gasteiger partial charge on any atom is -0.349 e. The van der Waals surface area contributed by atoms with Gasteiger partial charge in [0.15, 0.2) is 0 Å². The van der Waals surface area contributed by atoms with Crippen LogP contribution in [-0.2, 0) is 16.1 Å². The van der Waals surface area contributed by atoms with Crippen molar-refractivity contribution in [1.82, 2.24) is 9.88 Å². The summed E-state index contributed by atoms with van der Waals surface area (Å²) in [5.41, 5.74) is 1.22. The van der Waals surface area contributed by atoms with Gasteiger partial charge < -0.3 is 15.2 Å². The van der Waals surface area contributed by atoms with Crippen LogP contribution in [0.5, 0.6) is 0 Å². The van der Waals surface area contributed by atoms with E-state index in [9.17, 15) is 14.4 Å². The SMILES string of the molecule is CCCn1cc(NC(=O)CC(NC(C)=O)c2ccc(Cl)cc2)ccc1=O. The van der Waals surface area contributed by atoms with Crippen molar-refractivity contribution >= 4 is 29.1 Å². The summed E-state index contributed by atoms with van der Waals surface area (Å²) in [6, 6.07) is 9.51. The molecular weight excluding hydrogens is 354 g/mol. The van der Waals surface area contributed by atoms with Crippen molar-refractivity contribution in [2.75, 3.05) is 5.32 Å². The van der Waals surface area contributed by atoms with Gasteiger partial charge in [-0.2, -0.15) is 0 Å². The molecule has 0 spiro atoms. The zero-order valence-corrected chi connectivity index (χ0v) is 15.5. The van der Waals surface area contributed by atoms with Crippen LogP contribution in [0.4, 0.5) is 5.69 Å². The number of amides is 2. The first-order valence-electron chi connectivity index (χ1n) is 8.42. The molecule has 0 radical (unpaired) electrons. The maximum Gasteiger partial charge on any atom is 0.250 e. The van der Waals surface area contributed by atoms with Crippen molar-refractivity contribution in [3.63, 3.8) is 0 Å². The summed E-state index contributed by atoms with van der Waals surface area (Å²) in [4.78, 5) is 35.7. The van der Waals surface area contributed by atoms with Gasteiger partial charge in [0.25, 0.3) is 5.56 Å². The highest BCUT2D eigenvalue weighted by atomic mass is 35.5. The molecule has 2 N–H and O–H groups in total. The number of aromatic nitrogens is 1. The van der Waals surface area contributed by atoms with Gasteiger partial charge in [-0.05, 0) is 30.2 Å². The van der Waals surface area contributed by atoms with Crippen LogP contribution in [0.2, 0.25) is 5.02 Å². The number of nitrogens with one attached hydrogen (secondary N) is 2. The first-order valence-corrected chi connectivity index (χ1v) is 8.79. The summed E-state index contributed by atoms with van der Waals surface area (Å²) in [7, 11) is 0. The zero-order valence-electron chi connectivity index (χ0n) is 14.8. The number of pyridine rings is 1. The molecular formula is C19H22ClN3O3. The molecule has 0 aliphatic carbocycles. The predicted molar refractivity (Wildman–Crippen MR) is 102 cm³/mol. The highest BCUT2D eigenvalue weighted by molar-refractivity contribution is 6.30. The van der Waals surface area contributed by atoms with Crippen molar-refractivity contribution < 1.29 is 9.59 Å². The van der Waals surface area contributed by atoms with Gasteiger partial charge in [0, 0.05) is 30.8 Å². The second-order valence-corrected chi connectivity index (χ2v) is 6.44. The third-order valence-corrected chi connectivity index (χ3v) is 4.02. The molecule has 0 saturated carbocycles. The fourth-order valence-electron chi connectivity index (χ4n) is 2.61. The van der Waals surface area contributed by atoms with E-state index in [1.165, 1.54) is 13.0 Å². The number of carbonyl (C=O) groups excluding carboxylic acids is 2. The standard InChI is InChI=1S/C19H22ClN3O3/c1-3-10-23-12-16(8-9-19(23)26)22-18(25)11-17(21-13(2)24)14-4-6-15(20)7-5-14/h4-9,12,17H,3,10-11H2,1-2H3,(H,21,24)(H,22,25).